The molecule has 8 heteroatoms. The number of pyridine rings is 1. The Labute approximate surface area is 218 Å². The largest absolute Gasteiger partial charge is 0.529 e. The van der Waals surface area contributed by atoms with Crippen molar-refractivity contribution in [3.8, 4) is 11.3 Å². The van der Waals surface area contributed by atoms with Gasteiger partial charge in [0.2, 0.25) is 0 Å². The molecular formula is C29H34FNO5P+. The van der Waals surface area contributed by atoms with Crippen LogP contribution in [0.4, 0.5) is 4.39 Å². The summed E-state index contributed by atoms with van der Waals surface area (Å²) < 4.78 is 32.4. The van der Waals surface area contributed by atoms with Gasteiger partial charge < -0.3 is 10.2 Å². The number of aryl methyl sites for hydroxylation is 1. The van der Waals surface area contributed by atoms with Gasteiger partial charge in [-0.25, -0.2) is 14.2 Å². The van der Waals surface area contributed by atoms with Gasteiger partial charge in [0.1, 0.15) is 5.82 Å². The molecular weight excluding hydrogens is 492 g/mol. The van der Waals surface area contributed by atoms with Gasteiger partial charge in [-0.2, -0.15) is 0 Å². The lowest BCUT2D eigenvalue weighted by atomic mass is 9.75. The molecule has 37 heavy (non-hydrogen) atoms. The van der Waals surface area contributed by atoms with E-state index >= 15 is 0 Å². The van der Waals surface area contributed by atoms with Crippen LogP contribution in [0.3, 0.4) is 0 Å². The number of aromatic nitrogens is 1. The second-order valence-electron chi connectivity index (χ2n) is 9.62. The SMILES string of the molecule is CCc1ccc(C(O)(Cc2ccc(F)cc2)C(CCC(C)C)(C(=O)O)[P+](=O)OC)nc1-c1ccccc1. The number of halogens is 1. The van der Waals surface area contributed by atoms with Crippen molar-refractivity contribution >= 4 is 14.0 Å². The van der Waals surface area contributed by atoms with E-state index in [-0.39, 0.29) is 24.5 Å². The van der Waals surface area contributed by atoms with E-state index in [4.69, 9.17) is 9.51 Å². The van der Waals surface area contributed by atoms with Crippen LogP contribution >= 0.6 is 8.03 Å². The van der Waals surface area contributed by atoms with Crippen LogP contribution < -0.4 is 0 Å². The molecule has 2 aromatic carbocycles. The fourth-order valence-electron chi connectivity index (χ4n) is 4.66. The first kappa shape index (κ1) is 28.6. The molecule has 2 N–H and O–H groups in total. The number of aliphatic hydroxyl groups is 1. The van der Waals surface area contributed by atoms with E-state index in [2.05, 4.69) is 0 Å². The highest BCUT2D eigenvalue weighted by Gasteiger charge is 2.72. The zero-order valence-corrected chi connectivity index (χ0v) is 22.5. The maximum atomic E-state index is 13.7. The first-order chi connectivity index (χ1) is 17.6. The Balaban J connectivity index is 2.35. The summed E-state index contributed by atoms with van der Waals surface area (Å²) >= 11 is 0. The highest BCUT2D eigenvalue weighted by atomic mass is 31.1. The number of aliphatic carboxylic acids is 1. The summed E-state index contributed by atoms with van der Waals surface area (Å²) in [6, 6.07) is 18.3. The van der Waals surface area contributed by atoms with Crippen LogP contribution in [0.5, 0.6) is 0 Å². The van der Waals surface area contributed by atoms with E-state index in [1.54, 1.807) is 6.07 Å². The number of benzene rings is 2. The standard InChI is InChI=1S/C29H33FNO5P/c1-5-22-13-16-25(31-26(22)23-9-7-6-8-10-23)28(34,19-21-11-14-24(30)15-12-21)29(27(32)33,37(35)36-4)18-17-20(2)3/h6-16,20,34H,5,17-19H2,1-4H3/p+1. The number of hydrogen-bond acceptors (Lipinski definition) is 5. The molecule has 0 bridgehead atoms. The fraction of sp³-hybridized carbons (Fsp3) is 0.379. The van der Waals surface area contributed by atoms with Crippen LogP contribution in [-0.2, 0) is 32.3 Å². The summed E-state index contributed by atoms with van der Waals surface area (Å²) in [6.45, 7) is 5.83. The highest BCUT2D eigenvalue weighted by molar-refractivity contribution is 7.42. The quantitative estimate of drug-likeness (QED) is 0.261. The monoisotopic (exact) mass is 526 g/mol. The molecule has 0 amide bonds. The van der Waals surface area contributed by atoms with Crippen molar-refractivity contribution < 1.29 is 28.5 Å². The van der Waals surface area contributed by atoms with Gasteiger partial charge in [-0.05, 0) is 52.7 Å². The molecule has 0 aliphatic heterocycles. The van der Waals surface area contributed by atoms with E-state index in [0.717, 1.165) is 11.1 Å². The van der Waals surface area contributed by atoms with Gasteiger partial charge in [0, 0.05) is 18.4 Å². The predicted octanol–water partition coefficient (Wildman–Crippen LogP) is 6.53. The molecule has 3 aromatic rings. The third kappa shape index (κ3) is 5.80. The van der Waals surface area contributed by atoms with E-state index < -0.39 is 30.6 Å². The summed E-state index contributed by atoms with van der Waals surface area (Å²) in [5, 5.41) is 20.9. The second-order valence-corrected chi connectivity index (χ2v) is 11.3. The smallest absolute Gasteiger partial charge is 0.477 e. The van der Waals surface area contributed by atoms with Crippen molar-refractivity contribution in [2.75, 3.05) is 7.11 Å². The molecule has 0 spiro atoms. The molecule has 0 saturated heterocycles. The van der Waals surface area contributed by atoms with Gasteiger partial charge in [-0.3, -0.25) is 0 Å². The lowest BCUT2D eigenvalue weighted by Crippen LogP contribution is -2.57. The minimum absolute atomic E-state index is 0.0689. The van der Waals surface area contributed by atoms with Gasteiger partial charge in [-0.1, -0.05) is 69.3 Å². The van der Waals surface area contributed by atoms with Gasteiger partial charge in [0.05, 0.1) is 18.5 Å². The Bertz CT molecular complexity index is 1230. The summed E-state index contributed by atoms with van der Waals surface area (Å²) in [7, 11) is -1.73. The molecule has 0 aliphatic rings. The van der Waals surface area contributed by atoms with E-state index in [1.165, 1.54) is 31.4 Å². The first-order valence-electron chi connectivity index (χ1n) is 12.4. The van der Waals surface area contributed by atoms with Crippen LogP contribution in [0.25, 0.3) is 11.3 Å². The highest BCUT2D eigenvalue weighted by Crippen LogP contribution is 2.56. The number of carboxylic acids is 1. The first-order valence-corrected chi connectivity index (χ1v) is 13.5. The molecule has 196 valence electrons. The molecule has 3 atom stereocenters. The zero-order valence-electron chi connectivity index (χ0n) is 21.6. The maximum Gasteiger partial charge on any atom is 0.529 e. The molecule has 0 saturated carbocycles. The molecule has 3 unspecified atom stereocenters. The van der Waals surface area contributed by atoms with Crippen LogP contribution in [-0.4, -0.2) is 33.4 Å². The van der Waals surface area contributed by atoms with Crippen LogP contribution in [0.1, 0.15) is 50.4 Å². The molecule has 6 nitrogen and oxygen atoms in total. The summed E-state index contributed by atoms with van der Waals surface area (Å²) in [5.41, 5.74) is 0.627. The van der Waals surface area contributed by atoms with Crippen molar-refractivity contribution in [3.05, 3.63) is 89.4 Å². The lowest BCUT2D eigenvalue weighted by molar-refractivity contribution is -0.151. The summed E-state index contributed by atoms with van der Waals surface area (Å²) in [6.07, 6.45) is 0.673. The molecule has 1 heterocycles. The number of carbonyl (C=O) groups is 1. The van der Waals surface area contributed by atoms with E-state index in [1.807, 2.05) is 57.2 Å². The Hall–Kier alpha value is -2.99. The summed E-state index contributed by atoms with van der Waals surface area (Å²) in [4.78, 5) is 17.9. The topological polar surface area (TPSA) is 96.7 Å². The predicted molar refractivity (Wildman–Crippen MR) is 142 cm³/mol. The molecule has 1 aromatic heterocycles. The Morgan fingerprint density at radius 2 is 1.73 bits per heavy atom. The van der Waals surface area contributed by atoms with Crippen molar-refractivity contribution in [2.24, 2.45) is 5.92 Å². The normalized spacial score (nSPS) is 15.2. The lowest BCUT2D eigenvalue weighted by Gasteiger charge is -2.37. The maximum absolute atomic E-state index is 13.7. The van der Waals surface area contributed by atoms with Crippen molar-refractivity contribution in [1.29, 1.82) is 0 Å². The second kappa shape index (κ2) is 12.0. The minimum Gasteiger partial charge on any atom is -0.477 e. The van der Waals surface area contributed by atoms with E-state index in [9.17, 15) is 24.0 Å². The van der Waals surface area contributed by atoms with Crippen LogP contribution in [0, 0.1) is 11.7 Å². The van der Waals surface area contributed by atoms with Crippen molar-refractivity contribution in [2.45, 2.75) is 57.2 Å². The average Bonchev–Trinajstić information content (AvgIpc) is 2.89. The Morgan fingerprint density at radius 1 is 1.08 bits per heavy atom. The van der Waals surface area contributed by atoms with Crippen LogP contribution in [0.15, 0.2) is 66.7 Å². The van der Waals surface area contributed by atoms with Gasteiger partial charge in [-0.15, -0.1) is 4.52 Å². The number of nitrogens with zero attached hydrogens (tertiary/aromatic N) is 1. The fourth-order valence-corrected chi connectivity index (χ4v) is 5.94. The average molecular weight is 527 g/mol. The van der Waals surface area contributed by atoms with Crippen LogP contribution in [0.2, 0.25) is 0 Å². The third-order valence-corrected chi connectivity index (χ3v) is 8.54. The van der Waals surface area contributed by atoms with E-state index in [0.29, 0.717) is 24.1 Å². The third-order valence-electron chi connectivity index (χ3n) is 6.80. The summed E-state index contributed by atoms with van der Waals surface area (Å²) in [5.74, 6) is -1.83. The van der Waals surface area contributed by atoms with Crippen molar-refractivity contribution in [1.82, 2.24) is 4.98 Å². The number of rotatable bonds is 12. The van der Waals surface area contributed by atoms with Gasteiger partial charge in [0.15, 0.2) is 5.60 Å². The Morgan fingerprint density at radius 3 is 2.27 bits per heavy atom. The zero-order chi connectivity index (χ0) is 27.2. The van der Waals surface area contributed by atoms with Gasteiger partial charge >= 0.3 is 19.2 Å². The van der Waals surface area contributed by atoms with Crippen molar-refractivity contribution in [3.63, 3.8) is 0 Å². The molecule has 0 fully saturated rings. The minimum atomic E-state index is -2.90. The van der Waals surface area contributed by atoms with Gasteiger partial charge in [0.25, 0.3) is 0 Å². The number of carboxylic acid groups (broad SMARTS) is 1. The molecule has 0 aliphatic carbocycles. The number of hydrogen-bond donors (Lipinski definition) is 2. The molecule has 0 radical (unpaired) electrons. The Kier molecular flexibility index (Phi) is 9.30. The molecule has 3 rings (SSSR count).